The van der Waals surface area contributed by atoms with Gasteiger partial charge in [0.1, 0.15) is 16.5 Å². The predicted octanol–water partition coefficient (Wildman–Crippen LogP) is 4.77. The molecule has 0 fully saturated rings. The van der Waals surface area contributed by atoms with E-state index in [9.17, 15) is 0 Å². The number of nitrogens with zero attached hydrogens (tertiary/aromatic N) is 5. The molecule has 0 unspecified atom stereocenters. The summed E-state index contributed by atoms with van der Waals surface area (Å²) in [5.74, 6) is 1.58. The Morgan fingerprint density at radius 1 is 1.03 bits per heavy atom. The molecule has 0 aliphatic rings. The molecule has 6 rings (SSSR count). The molecular formula is C25H22N8OS. The molecule has 0 radical (unpaired) electrons. The van der Waals surface area contributed by atoms with Gasteiger partial charge in [-0.15, -0.1) is 16.4 Å². The van der Waals surface area contributed by atoms with Crippen molar-refractivity contribution >= 4 is 39.4 Å². The lowest BCUT2D eigenvalue weighted by atomic mass is 10.2. The molecule has 4 heterocycles. The fourth-order valence-corrected chi connectivity index (χ4v) is 4.65. The Balaban J connectivity index is 1.17. The van der Waals surface area contributed by atoms with E-state index in [-0.39, 0.29) is 0 Å². The second kappa shape index (κ2) is 9.16. The highest BCUT2D eigenvalue weighted by Gasteiger charge is 2.12. The standard InChI is InChI=1S/C25H22N8OS/c1-34-20-5-2-16(3-6-20)11-26-13-19-15-35-25(30-19)22-14-27-24-9-8-23(32-33(22)24)29-18-4-7-21-17(10-18)12-28-31-21/h2-10,12,14-15,26H,11,13H2,1H3,(H,28,31)(H,29,32). The van der Waals surface area contributed by atoms with Gasteiger partial charge in [0.2, 0.25) is 0 Å². The molecule has 0 spiro atoms. The van der Waals surface area contributed by atoms with Crippen LogP contribution in [0, 0.1) is 0 Å². The number of fused-ring (bicyclic) bond motifs is 2. The van der Waals surface area contributed by atoms with Crippen molar-refractivity contribution in [3.8, 4) is 16.5 Å². The summed E-state index contributed by atoms with van der Waals surface area (Å²) >= 11 is 1.59. The van der Waals surface area contributed by atoms with Gasteiger partial charge in [0, 0.05) is 29.5 Å². The minimum absolute atomic E-state index is 0.677. The van der Waals surface area contributed by atoms with Gasteiger partial charge in [0.25, 0.3) is 0 Å². The van der Waals surface area contributed by atoms with Crippen LogP contribution in [0.4, 0.5) is 11.5 Å². The van der Waals surface area contributed by atoms with Crippen LogP contribution in [0.25, 0.3) is 27.3 Å². The van der Waals surface area contributed by atoms with Crippen molar-refractivity contribution < 1.29 is 4.74 Å². The lowest BCUT2D eigenvalue weighted by Gasteiger charge is -2.07. The number of imidazole rings is 1. The SMILES string of the molecule is COc1ccc(CNCc2csc(-c3cnc4ccc(Nc5ccc6[nH]ncc6c5)nn34)n2)cc1. The van der Waals surface area contributed by atoms with E-state index in [2.05, 4.69) is 43.3 Å². The number of nitrogens with one attached hydrogen (secondary N) is 3. The van der Waals surface area contributed by atoms with E-state index < -0.39 is 0 Å². The van der Waals surface area contributed by atoms with Crippen LogP contribution in [0.5, 0.6) is 5.75 Å². The summed E-state index contributed by atoms with van der Waals surface area (Å²) in [6.45, 7) is 1.43. The van der Waals surface area contributed by atoms with Gasteiger partial charge >= 0.3 is 0 Å². The van der Waals surface area contributed by atoms with Crippen LogP contribution >= 0.6 is 11.3 Å². The van der Waals surface area contributed by atoms with Gasteiger partial charge in [-0.1, -0.05) is 12.1 Å². The van der Waals surface area contributed by atoms with Crippen LogP contribution in [0.1, 0.15) is 11.3 Å². The first kappa shape index (κ1) is 21.3. The van der Waals surface area contributed by atoms with Crippen LogP contribution in [0.3, 0.4) is 0 Å². The average Bonchev–Trinajstić information content (AvgIpc) is 3.63. The molecule has 0 saturated heterocycles. The monoisotopic (exact) mass is 482 g/mol. The minimum Gasteiger partial charge on any atom is -0.497 e. The molecule has 0 aliphatic heterocycles. The van der Waals surface area contributed by atoms with E-state index in [4.69, 9.17) is 14.8 Å². The van der Waals surface area contributed by atoms with Gasteiger partial charge in [-0.2, -0.15) is 5.10 Å². The second-order valence-electron chi connectivity index (χ2n) is 8.02. The molecule has 0 saturated carbocycles. The minimum atomic E-state index is 0.677. The third-order valence-corrected chi connectivity index (χ3v) is 6.55. The fourth-order valence-electron chi connectivity index (χ4n) is 3.84. The van der Waals surface area contributed by atoms with Crippen LogP contribution < -0.4 is 15.4 Å². The Labute approximate surface area is 204 Å². The summed E-state index contributed by atoms with van der Waals surface area (Å²) in [6.07, 6.45) is 3.62. The topological polar surface area (TPSA) is 105 Å². The number of aromatic nitrogens is 6. The lowest BCUT2D eigenvalue weighted by molar-refractivity contribution is 0.414. The highest BCUT2D eigenvalue weighted by molar-refractivity contribution is 7.13. The van der Waals surface area contributed by atoms with E-state index >= 15 is 0 Å². The summed E-state index contributed by atoms with van der Waals surface area (Å²) in [4.78, 5) is 9.31. The molecule has 174 valence electrons. The van der Waals surface area contributed by atoms with Gasteiger partial charge in [0.05, 0.1) is 30.7 Å². The summed E-state index contributed by atoms with van der Waals surface area (Å²) in [5.41, 5.74) is 5.74. The zero-order valence-electron chi connectivity index (χ0n) is 18.9. The number of aromatic amines is 1. The van der Waals surface area contributed by atoms with Crippen molar-refractivity contribution in [2.24, 2.45) is 0 Å². The number of anilines is 2. The largest absolute Gasteiger partial charge is 0.497 e. The van der Waals surface area contributed by atoms with Gasteiger partial charge in [-0.25, -0.2) is 14.5 Å². The van der Waals surface area contributed by atoms with Gasteiger partial charge in [-0.05, 0) is 48.0 Å². The van der Waals surface area contributed by atoms with E-state index in [1.807, 2.05) is 53.2 Å². The summed E-state index contributed by atoms with van der Waals surface area (Å²) in [5, 5.41) is 22.6. The van der Waals surface area contributed by atoms with Crippen molar-refractivity contribution in [3.05, 3.63) is 83.6 Å². The van der Waals surface area contributed by atoms with Crippen molar-refractivity contribution in [2.75, 3.05) is 12.4 Å². The maximum atomic E-state index is 5.21. The number of ether oxygens (including phenoxy) is 1. The van der Waals surface area contributed by atoms with E-state index in [0.717, 1.165) is 56.7 Å². The molecule has 6 aromatic rings. The zero-order chi connectivity index (χ0) is 23.6. The second-order valence-corrected chi connectivity index (χ2v) is 8.88. The molecule has 0 aliphatic carbocycles. The molecule has 0 amide bonds. The van der Waals surface area contributed by atoms with Crippen molar-refractivity contribution in [2.45, 2.75) is 13.1 Å². The first-order valence-electron chi connectivity index (χ1n) is 11.1. The van der Waals surface area contributed by atoms with E-state index in [0.29, 0.717) is 6.54 Å². The molecule has 10 heteroatoms. The highest BCUT2D eigenvalue weighted by atomic mass is 32.1. The van der Waals surface area contributed by atoms with Crippen molar-refractivity contribution in [1.29, 1.82) is 0 Å². The van der Waals surface area contributed by atoms with Gasteiger partial charge in [-0.3, -0.25) is 5.10 Å². The van der Waals surface area contributed by atoms with E-state index in [1.54, 1.807) is 24.6 Å². The summed E-state index contributed by atoms with van der Waals surface area (Å²) in [7, 11) is 1.67. The molecule has 9 nitrogen and oxygen atoms in total. The Hall–Kier alpha value is -4.28. The first-order valence-corrected chi connectivity index (χ1v) is 12.0. The molecule has 0 atom stereocenters. The Morgan fingerprint density at radius 3 is 2.83 bits per heavy atom. The number of hydrogen-bond acceptors (Lipinski definition) is 8. The van der Waals surface area contributed by atoms with Crippen molar-refractivity contribution in [1.82, 2.24) is 35.1 Å². The number of methoxy groups -OCH3 is 1. The quantitative estimate of drug-likeness (QED) is 0.287. The third kappa shape index (κ3) is 4.44. The van der Waals surface area contributed by atoms with Crippen LogP contribution in [0.15, 0.2) is 72.4 Å². The highest BCUT2D eigenvalue weighted by Crippen LogP contribution is 2.26. The third-order valence-electron chi connectivity index (χ3n) is 5.64. The van der Waals surface area contributed by atoms with Gasteiger partial charge in [0.15, 0.2) is 11.5 Å². The Kier molecular flexibility index (Phi) is 5.57. The Bertz CT molecular complexity index is 1600. The number of H-pyrrole nitrogens is 1. The Morgan fingerprint density at radius 2 is 1.94 bits per heavy atom. The number of thiazole rings is 1. The van der Waals surface area contributed by atoms with Crippen LogP contribution in [-0.2, 0) is 13.1 Å². The number of benzene rings is 2. The van der Waals surface area contributed by atoms with Crippen LogP contribution in [0.2, 0.25) is 0 Å². The molecule has 3 N–H and O–H groups in total. The summed E-state index contributed by atoms with van der Waals surface area (Å²) < 4.78 is 7.04. The molecular weight excluding hydrogens is 460 g/mol. The first-order chi connectivity index (χ1) is 17.2. The van der Waals surface area contributed by atoms with E-state index in [1.165, 1.54) is 5.56 Å². The molecule has 0 bridgehead atoms. The fraction of sp³-hybridized carbons (Fsp3) is 0.120. The summed E-state index contributed by atoms with van der Waals surface area (Å²) in [6, 6.07) is 17.9. The zero-order valence-corrected chi connectivity index (χ0v) is 19.7. The van der Waals surface area contributed by atoms with Gasteiger partial charge < -0.3 is 15.4 Å². The number of rotatable bonds is 8. The number of hydrogen-bond donors (Lipinski definition) is 3. The normalized spacial score (nSPS) is 11.3. The maximum absolute atomic E-state index is 5.21. The molecule has 35 heavy (non-hydrogen) atoms. The maximum Gasteiger partial charge on any atom is 0.154 e. The lowest BCUT2D eigenvalue weighted by Crippen LogP contribution is -2.12. The smallest absolute Gasteiger partial charge is 0.154 e. The average molecular weight is 483 g/mol. The molecule has 2 aromatic carbocycles. The molecule has 4 aromatic heterocycles. The predicted molar refractivity (Wildman–Crippen MR) is 137 cm³/mol. The van der Waals surface area contributed by atoms with Crippen molar-refractivity contribution in [3.63, 3.8) is 0 Å². The van der Waals surface area contributed by atoms with Crippen LogP contribution in [-0.4, -0.2) is 36.9 Å².